The Hall–Kier alpha value is -1.83. The molecule has 2 heteroatoms. The third kappa shape index (κ3) is 4.37. The van der Waals surface area contributed by atoms with Crippen molar-refractivity contribution in [1.29, 1.82) is 0 Å². The molecule has 0 aliphatic rings. The molecule has 0 amide bonds. The van der Waals surface area contributed by atoms with Crippen molar-refractivity contribution in [1.82, 2.24) is 4.98 Å². The number of rotatable bonds is 5. The summed E-state index contributed by atoms with van der Waals surface area (Å²) in [6, 6.07) is 14.6. The molecule has 1 aromatic heterocycles. The molecule has 0 saturated carbocycles. The molecule has 106 valence electrons. The van der Waals surface area contributed by atoms with E-state index < -0.39 is 0 Å². The summed E-state index contributed by atoms with van der Waals surface area (Å²) in [4.78, 5) is 4.46. The van der Waals surface area contributed by atoms with Crippen molar-refractivity contribution in [3.8, 4) is 5.75 Å². The molecule has 20 heavy (non-hydrogen) atoms. The van der Waals surface area contributed by atoms with E-state index in [1.165, 1.54) is 5.56 Å². The Kier molecular flexibility index (Phi) is 4.78. The molecule has 1 aromatic carbocycles. The minimum atomic E-state index is 0.0891. The first-order valence-electron chi connectivity index (χ1n) is 7.19. The zero-order chi connectivity index (χ0) is 14.4. The molecule has 2 nitrogen and oxygen atoms in total. The van der Waals surface area contributed by atoms with Gasteiger partial charge in [-0.05, 0) is 30.5 Å². The van der Waals surface area contributed by atoms with E-state index in [9.17, 15) is 0 Å². The number of aromatic nitrogens is 1. The highest BCUT2D eigenvalue weighted by atomic mass is 16.5. The van der Waals surface area contributed by atoms with Crippen LogP contribution in [0, 0.1) is 0 Å². The van der Waals surface area contributed by atoms with Gasteiger partial charge >= 0.3 is 0 Å². The molecule has 1 heterocycles. The summed E-state index contributed by atoms with van der Waals surface area (Å²) in [5.41, 5.74) is 2.54. The van der Waals surface area contributed by atoms with Crippen LogP contribution in [0.1, 0.15) is 38.4 Å². The average Bonchev–Trinajstić information content (AvgIpc) is 2.44. The predicted octanol–water partition coefficient (Wildman–Crippen LogP) is 4.39. The van der Waals surface area contributed by atoms with E-state index in [-0.39, 0.29) is 5.41 Å². The maximum Gasteiger partial charge on any atom is 0.137 e. The summed E-state index contributed by atoms with van der Waals surface area (Å²) < 4.78 is 5.73. The summed E-state index contributed by atoms with van der Waals surface area (Å²) in [6.45, 7) is 7.21. The Morgan fingerprint density at radius 3 is 2.35 bits per heavy atom. The van der Waals surface area contributed by atoms with Crippen LogP contribution in [0.15, 0.2) is 48.7 Å². The highest BCUT2D eigenvalue weighted by molar-refractivity contribution is 5.23. The number of pyridine rings is 1. The number of ether oxygens (including phenoxy) is 1. The Labute approximate surface area is 121 Å². The van der Waals surface area contributed by atoms with E-state index in [1.54, 1.807) is 0 Å². The number of hydrogen-bond acceptors (Lipinski definition) is 2. The van der Waals surface area contributed by atoms with Crippen LogP contribution in [0.5, 0.6) is 5.75 Å². The molecule has 0 spiro atoms. The Morgan fingerprint density at radius 1 is 1.00 bits per heavy atom. The van der Waals surface area contributed by atoms with Gasteiger partial charge in [-0.3, -0.25) is 4.98 Å². The highest BCUT2D eigenvalue weighted by Crippen LogP contribution is 2.21. The lowest BCUT2D eigenvalue weighted by atomic mass is 9.92. The lowest BCUT2D eigenvalue weighted by Gasteiger charge is -2.17. The monoisotopic (exact) mass is 269 g/mol. The topological polar surface area (TPSA) is 22.1 Å². The quantitative estimate of drug-likeness (QED) is 0.751. The Bertz CT molecular complexity index is 511. The van der Waals surface area contributed by atoms with Crippen molar-refractivity contribution in [2.75, 3.05) is 6.61 Å². The van der Waals surface area contributed by atoms with E-state index in [1.807, 2.05) is 24.4 Å². The SMILES string of the molecule is CC(C)(C)c1ccc(OCCCc2ccccc2)cn1. The minimum Gasteiger partial charge on any atom is -0.492 e. The molecule has 2 rings (SSSR count). The molecule has 0 fully saturated rings. The maximum absolute atomic E-state index is 5.73. The molecular weight excluding hydrogens is 246 g/mol. The van der Waals surface area contributed by atoms with Gasteiger partial charge in [0.05, 0.1) is 12.8 Å². The zero-order valence-electron chi connectivity index (χ0n) is 12.6. The molecule has 0 unspecified atom stereocenters. The number of hydrogen-bond donors (Lipinski definition) is 0. The Morgan fingerprint density at radius 2 is 1.75 bits per heavy atom. The summed E-state index contributed by atoms with van der Waals surface area (Å²) in [5.74, 6) is 0.853. The average molecular weight is 269 g/mol. The van der Waals surface area contributed by atoms with Crippen LogP contribution >= 0.6 is 0 Å². The van der Waals surface area contributed by atoms with Crippen LogP contribution in [0.3, 0.4) is 0 Å². The second-order valence-corrected chi connectivity index (χ2v) is 6.07. The molecular formula is C18H23NO. The van der Waals surface area contributed by atoms with Crippen LogP contribution in [0.4, 0.5) is 0 Å². The molecule has 0 aliphatic carbocycles. The molecule has 2 aromatic rings. The van der Waals surface area contributed by atoms with Crippen LogP contribution in [-0.4, -0.2) is 11.6 Å². The largest absolute Gasteiger partial charge is 0.492 e. The van der Waals surface area contributed by atoms with Gasteiger partial charge in [0.25, 0.3) is 0 Å². The molecule has 0 bridgehead atoms. The van der Waals surface area contributed by atoms with Gasteiger partial charge in [-0.2, -0.15) is 0 Å². The maximum atomic E-state index is 5.73. The number of aryl methyl sites for hydroxylation is 1. The van der Waals surface area contributed by atoms with E-state index in [4.69, 9.17) is 4.74 Å². The van der Waals surface area contributed by atoms with Gasteiger partial charge in [-0.15, -0.1) is 0 Å². The smallest absolute Gasteiger partial charge is 0.137 e. The first-order valence-corrected chi connectivity index (χ1v) is 7.19. The fourth-order valence-corrected chi connectivity index (χ4v) is 2.02. The van der Waals surface area contributed by atoms with Crippen LogP contribution in [0.25, 0.3) is 0 Å². The van der Waals surface area contributed by atoms with Gasteiger partial charge < -0.3 is 4.74 Å². The molecule has 0 saturated heterocycles. The summed E-state index contributed by atoms with van der Waals surface area (Å²) in [7, 11) is 0. The van der Waals surface area contributed by atoms with E-state index >= 15 is 0 Å². The molecule has 0 aliphatic heterocycles. The summed E-state index contributed by atoms with van der Waals surface area (Å²) in [6.07, 6.45) is 3.89. The first-order chi connectivity index (χ1) is 9.55. The molecule has 0 atom stereocenters. The normalized spacial score (nSPS) is 11.3. The number of benzene rings is 1. The van der Waals surface area contributed by atoms with Gasteiger partial charge in [0.2, 0.25) is 0 Å². The van der Waals surface area contributed by atoms with Gasteiger partial charge in [0.1, 0.15) is 5.75 Å². The predicted molar refractivity (Wildman–Crippen MR) is 83.2 cm³/mol. The van der Waals surface area contributed by atoms with Crippen molar-refractivity contribution in [3.05, 3.63) is 59.9 Å². The van der Waals surface area contributed by atoms with E-state index in [0.717, 1.165) is 30.9 Å². The van der Waals surface area contributed by atoms with Crippen LogP contribution in [0.2, 0.25) is 0 Å². The van der Waals surface area contributed by atoms with Crippen molar-refractivity contribution in [2.45, 2.75) is 39.0 Å². The van der Waals surface area contributed by atoms with Crippen molar-refractivity contribution < 1.29 is 4.74 Å². The highest BCUT2D eigenvalue weighted by Gasteiger charge is 2.14. The van der Waals surface area contributed by atoms with Crippen LogP contribution < -0.4 is 4.74 Å². The second-order valence-electron chi connectivity index (χ2n) is 6.07. The van der Waals surface area contributed by atoms with Crippen molar-refractivity contribution >= 4 is 0 Å². The molecule has 0 N–H and O–H groups in total. The Balaban J connectivity index is 1.77. The fraction of sp³-hybridized carbons (Fsp3) is 0.389. The lowest BCUT2D eigenvalue weighted by molar-refractivity contribution is 0.309. The lowest BCUT2D eigenvalue weighted by Crippen LogP contribution is -2.13. The first kappa shape index (κ1) is 14.6. The van der Waals surface area contributed by atoms with Gasteiger partial charge in [-0.1, -0.05) is 51.1 Å². The van der Waals surface area contributed by atoms with Crippen molar-refractivity contribution in [3.63, 3.8) is 0 Å². The number of nitrogens with zero attached hydrogens (tertiary/aromatic N) is 1. The second kappa shape index (κ2) is 6.56. The van der Waals surface area contributed by atoms with Crippen LogP contribution in [-0.2, 0) is 11.8 Å². The third-order valence-corrected chi connectivity index (χ3v) is 3.23. The third-order valence-electron chi connectivity index (χ3n) is 3.23. The summed E-state index contributed by atoms with van der Waals surface area (Å²) >= 11 is 0. The van der Waals surface area contributed by atoms with Crippen molar-refractivity contribution in [2.24, 2.45) is 0 Å². The van der Waals surface area contributed by atoms with Gasteiger partial charge in [-0.25, -0.2) is 0 Å². The zero-order valence-corrected chi connectivity index (χ0v) is 12.6. The van der Waals surface area contributed by atoms with Gasteiger partial charge in [0.15, 0.2) is 0 Å². The standard InChI is InChI=1S/C18H23NO/c1-18(2,3)17-12-11-16(14-19-17)20-13-7-10-15-8-5-4-6-9-15/h4-6,8-9,11-12,14H,7,10,13H2,1-3H3. The molecule has 0 radical (unpaired) electrons. The van der Waals surface area contributed by atoms with E-state index in [2.05, 4.69) is 50.0 Å². The minimum absolute atomic E-state index is 0.0891. The fourth-order valence-electron chi connectivity index (χ4n) is 2.02. The van der Waals surface area contributed by atoms with Gasteiger partial charge in [0, 0.05) is 11.1 Å². The summed E-state index contributed by atoms with van der Waals surface area (Å²) in [5, 5.41) is 0. The van der Waals surface area contributed by atoms with E-state index in [0.29, 0.717) is 0 Å².